The Morgan fingerprint density at radius 3 is 2.71 bits per heavy atom. The number of hydrogen-bond acceptors (Lipinski definition) is 4. The number of aromatic nitrogens is 1. The van der Waals surface area contributed by atoms with Crippen LogP contribution >= 0.6 is 11.3 Å². The molecule has 1 fully saturated rings. The molecule has 2 atom stereocenters. The molecular formula is C18H24N4OS. The Kier molecular flexibility index (Phi) is 5.82. The van der Waals surface area contributed by atoms with Crippen molar-refractivity contribution in [3.05, 3.63) is 52.5 Å². The number of urea groups is 1. The van der Waals surface area contributed by atoms with E-state index in [9.17, 15) is 4.79 Å². The summed E-state index contributed by atoms with van der Waals surface area (Å²) in [7, 11) is 0. The number of pyridine rings is 1. The first-order chi connectivity index (χ1) is 11.7. The smallest absolute Gasteiger partial charge is 0.315 e. The van der Waals surface area contributed by atoms with Crippen molar-refractivity contribution >= 4 is 17.4 Å². The number of carbonyl (C=O) groups excluding carboxylic acids is 1. The van der Waals surface area contributed by atoms with Gasteiger partial charge in [0.25, 0.3) is 0 Å². The van der Waals surface area contributed by atoms with Gasteiger partial charge in [-0.2, -0.15) is 0 Å². The monoisotopic (exact) mass is 344 g/mol. The van der Waals surface area contributed by atoms with Gasteiger partial charge in [-0.25, -0.2) is 4.79 Å². The maximum atomic E-state index is 12.3. The van der Waals surface area contributed by atoms with Crippen molar-refractivity contribution in [2.24, 2.45) is 0 Å². The first-order valence-electron chi connectivity index (χ1n) is 8.46. The molecule has 1 aliphatic rings. The fraction of sp³-hybridized carbons (Fsp3) is 0.444. The average Bonchev–Trinajstić information content (AvgIpc) is 3.30. The number of thiophene rings is 1. The van der Waals surface area contributed by atoms with Crippen LogP contribution in [0, 0.1) is 0 Å². The van der Waals surface area contributed by atoms with Gasteiger partial charge in [0, 0.05) is 23.8 Å². The summed E-state index contributed by atoms with van der Waals surface area (Å²) in [5, 5.41) is 8.14. The van der Waals surface area contributed by atoms with Gasteiger partial charge in [0.2, 0.25) is 0 Å². The van der Waals surface area contributed by atoms with Crippen LogP contribution in [0.15, 0.2) is 42.0 Å². The molecule has 0 unspecified atom stereocenters. The van der Waals surface area contributed by atoms with Gasteiger partial charge < -0.3 is 10.6 Å². The first kappa shape index (κ1) is 16.9. The molecule has 6 heteroatoms. The van der Waals surface area contributed by atoms with Crippen LogP contribution in [0.2, 0.25) is 0 Å². The third-order valence-corrected chi connectivity index (χ3v) is 5.44. The van der Waals surface area contributed by atoms with Crippen molar-refractivity contribution in [2.45, 2.75) is 31.8 Å². The Morgan fingerprint density at radius 1 is 1.29 bits per heavy atom. The molecule has 0 aliphatic carbocycles. The first-order valence-corrected chi connectivity index (χ1v) is 9.34. The summed E-state index contributed by atoms with van der Waals surface area (Å²) >= 11 is 1.76. The predicted molar refractivity (Wildman–Crippen MR) is 97.1 cm³/mol. The number of carbonyl (C=O) groups is 1. The molecule has 0 saturated carbocycles. The summed E-state index contributed by atoms with van der Waals surface area (Å²) in [6, 6.07) is 8.18. The van der Waals surface area contributed by atoms with E-state index in [1.165, 1.54) is 17.7 Å². The van der Waals surface area contributed by atoms with Gasteiger partial charge in [0.15, 0.2) is 0 Å². The molecule has 24 heavy (non-hydrogen) atoms. The van der Waals surface area contributed by atoms with Crippen LogP contribution in [-0.4, -0.2) is 35.5 Å². The minimum absolute atomic E-state index is 0.0417. The maximum absolute atomic E-state index is 12.3. The zero-order chi connectivity index (χ0) is 16.8. The lowest BCUT2D eigenvalue weighted by molar-refractivity contribution is 0.220. The van der Waals surface area contributed by atoms with Gasteiger partial charge in [-0.05, 0) is 62.0 Å². The standard InChI is InChI=1S/C18H24N4OS/c1-14(15-6-8-19-9-7-15)21-18(23)20-13-16(17-5-4-12-24-17)22-10-2-3-11-22/h4-9,12,14,16H,2-3,10-11,13H2,1H3,(H2,20,21,23)/t14-,16+/m1/s1. The second-order valence-electron chi connectivity index (χ2n) is 6.13. The van der Waals surface area contributed by atoms with Crippen LogP contribution in [0.5, 0.6) is 0 Å². The lowest BCUT2D eigenvalue weighted by atomic mass is 10.1. The molecule has 2 aromatic rings. The third-order valence-electron chi connectivity index (χ3n) is 4.46. The summed E-state index contributed by atoms with van der Waals surface area (Å²) in [6.07, 6.45) is 5.97. The maximum Gasteiger partial charge on any atom is 0.315 e. The molecule has 1 aliphatic heterocycles. The minimum Gasteiger partial charge on any atom is -0.336 e. The molecule has 3 heterocycles. The highest BCUT2D eigenvalue weighted by molar-refractivity contribution is 7.10. The van der Waals surface area contributed by atoms with Crippen molar-refractivity contribution in [1.82, 2.24) is 20.5 Å². The van der Waals surface area contributed by atoms with E-state index in [4.69, 9.17) is 0 Å². The Labute approximate surface area is 147 Å². The normalized spacial score (nSPS) is 17.4. The summed E-state index contributed by atoms with van der Waals surface area (Å²) in [5.41, 5.74) is 1.05. The number of rotatable bonds is 6. The van der Waals surface area contributed by atoms with Gasteiger partial charge in [-0.3, -0.25) is 9.88 Å². The van der Waals surface area contributed by atoms with Crippen LogP contribution in [0.4, 0.5) is 4.79 Å². The van der Waals surface area contributed by atoms with Crippen molar-refractivity contribution in [3.63, 3.8) is 0 Å². The minimum atomic E-state index is -0.125. The number of hydrogen-bond donors (Lipinski definition) is 2. The zero-order valence-electron chi connectivity index (χ0n) is 13.9. The fourth-order valence-corrected chi connectivity index (χ4v) is 3.98. The fourth-order valence-electron chi connectivity index (χ4n) is 3.12. The molecule has 0 aromatic carbocycles. The van der Waals surface area contributed by atoms with E-state index < -0.39 is 0 Å². The number of nitrogens with zero attached hydrogens (tertiary/aromatic N) is 2. The van der Waals surface area contributed by atoms with Crippen molar-refractivity contribution < 1.29 is 4.79 Å². The molecule has 0 spiro atoms. The molecule has 1 saturated heterocycles. The Bertz CT molecular complexity index is 626. The van der Waals surface area contributed by atoms with E-state index in [0.29, 0.717) is 6.54 Å². The number of nitrogens with one attached hydrogen (secondary N) is 2. The Morgan fingerprint density at radius 2 is 2.04 bits per heavy atom. The van der Waals surface area contributed by atoms with Gasteiger partial charge in [-0.1, -0.05) is 6.07 Å². The van der Waals surface area contributed by atoms with E-state index in [1.54, 1.807) is 23.7 Å². The quantitative estimate of drug-likeness (QED) is 0.845. The lowest BCUT2D eigenvalue weighted by Gasteiger charge is -2.27. The van der Waals surface area contributed by atoms with E-state index in [-0.39, 0.29) is 18.1 Å². The summed E-state index contributed by atoms with van der Waals surface area (Å²) in [6.45, 7) is 4.83. The molecule has 0 radical (unpaired) electrons. The number of likely N-dealkylation sites (tertiary alicyclic amines) is 1. The second kappa shape index (κ2) is 8.26. The largest absolute Gasteiger partial charge is 0.336 e. The van der Waals surface area contributed by atoms with Gasteiger partial charge in [0.05, 0.1) is 12.1 Å². The van der Waals surface area contributed by atoms with Crippen molar-refractivity contribution in [3.8, 4) is 0 Å². The Balaban J connectivity index is 1.55. The highest BCUT2D eigenvalue weighted by Gasteiger charge is 2.24. The third kappa shape index (κ3) is 4.33. The Hall–Kier alpha value is -1.92. The molecule has 2 N–H and O–H groups in total. The SMILES string of the molecule is C[C@@H](NC(=O)NC[C@@H](c1cccs1)N1CCCC1)c1ccncc1. The van der Waals surface area contributed by atoms with Crippen LogP contribution in [0.1, 0.15) is 42.3 Å². The van der Waals surface area contributed by atoms with E-state index in [2.05, 4.69) is 38.0 Å². The van der Waals surface area contributed by atoms with Crippen molar-refractivity contribution in [2.75, 3.05) is 19.6 Å². The van der Waals surface area contributed by atoms with Crippen LogP contribution in [-0.2, 0) is 0 Å². The highest BCUT2D eigenvalue weighted by atomic mass is 32.1. The van der Waals surface area contributed by atoms with Crippen LogP contribution in [0.3, 0.4) is 0 Å². The predicted octanol–water partition coefficient (Wildman–Crippen LogP) is 3.34. The summed E-state index contributed by atoms with van der Waals surface area (Å²) < 4.78 is 0. The molecule has 2 amide bonds. The second-order valence-corrected chi connectivity index (χ2v) is 7.11. The van der Waals surface area contributed by atoms with Gasteiger partial charge in [-0.15, -0.1) is 11.3 Å². The van der Waals surface area contributed by atoms with Crippen molar-refractivity contribution in [1.29, 1.82) is 0 Å². The summed E-state index contributed by atoms with van der Waals surface area (Å²) in [5.74, 6) is 0. The van der Waals surface area contributed by atoms with Crippen LogP contribution in [0.25, 0.3) is 0 Å². The molecule has 5 nitrogen and oxygen atoms in total. The van der Waals surface area contributed by atoms with E-state index >= 15 is 0 Å². The van der Waals surface area contributed by atoms with Gasteiger partial charge >= 0.3 is 6.03 Å². The summed E-state index contributed by atoms with van der Waals surface area (Å²) in [4.78, 5) is 20.1. The molecular weight excluding hydrogens is 320 g/mol. The van der Waals surface area contributed by atoms with E-state index in [0.717, 1.165) is 18.7 Å². The molecule has 3 rings (SSSR count). The molecule has 128 valence electrons. The van der Waals surface area contributed by atoms with E-state index in [1.807, 2.05) is 19.1 Å². The zero-order valence-corrected chi connectivity index (χ0v) is 14.8. The molecule has 0 bridgehead atoms. The average molecular weight is 344 g/mol. The number of amides is 2. The van der Waals surface area contributed by atoms with Crippen LogP contribution < -0.4 is 10.6 Å². The highest BCUT2D eigenvalue weighted by Crippen LogP contribution is 2.27. The topological polar surface area (TPSA) is 57.3 Å². The molecule has 2 aromatic heterocycles. The van der Waals surface area contributed by atoms with Gasteiger partial charge in [0.1, 0.15) is 0 Å². The lowest BCUT2D eigenvalue weighted by Crippen LogP contribution is -2.42.